The lowest BCUT2D eigenvalue weighted by molar-refractivity contribution is 0.668. The van der Waals surface area contributed by atoms with Crippen LogP contribution in [-0.2, 0) is 0 Å². The molecule has 53 heavy (non-hydrogen) atoms. The van der Waals surface area contributed by atoms with Crippen molar-refractivity contribution in [3.8, 4) is 0 Å². The second kappa shape index (κ2) is 13.7. The number of fused-ring (bicyclic) bond motifs is 3. The van der Waals surface area contributed by atoms with Gasteiger partial charge in [-0.3, -0.25) is 0 Å². The Morgan fingerprint density at radius 3 is 1.04 bits per heavy atom. The van der Waals surface area contributed by atoms with E-state index in [1.807, 2.05) is 6.08 Å². The van der Waals surface area contributed by atoms with Crippen LogP contribution < -0.4 is 41.5 Å². The van der Waals surface area contributed by atoms with Crippen molar-refractivity contribution < 1.29 is 4.42 Å². The zero-order valence-corrected chi connectivity index (χ0v) is 31.4. The lowest BCUT2D eigenvalue weighted by Crippen LogP contribution is -2.74. The summed E-state index contributed by atoms with van der Waals surface area (Å²) in [4.78, 5) is 0. The Labute approximate surface area is 313 Å². The smallest absolute Gasteiger partial charge is 0.179 e. The Morgan fingerprint density at radius 1 is 0.340 bits per heavy atom. The molecular weight excluding hydrogens is 673 g/mol. The fraction of sp³-hybridized carbons (Fsp3) is 0. The van der Waals surface area contributed by atoms with E-state index in [9.17, 15) is 0 Å². The van der Waals surface area contributed by atoms with Gasteiger partial charge in [0.15, 0.2) is 16.1 Å². The Hall–Kier alpha value is -6.27. The molecule has 0 saturated heterocycles. The maximum atomic E-state index is 6.80. The van der Waals surface area contributed by atoms with Crippen molar-refractivity contribution in [2.45, 2.75) is 0 Å². The fourth-order valence-electron chi connectivity index (χ4n) is 8.63. The Balaban J connectivity index is 1.39. The average molecular weight is 711 g/mol. The highest BCUT2D eigenvalue weighted by atomic mass is 28.3. The van der Waals surface area contributed by atoms with Gasteiger partial charge in [-0.05, 0) is 47.6 Å². The molecule has 3 heteroatoms. The SMILES string of the molecule is C=Cc1cc([Si](c2ccccc2)(c2ccccc2)c2ccccc2)cc2c1oc1ccc([Si](c3ccccc3)(c3ccccc3)c3ccccc3)cc12. The molecule has 0 fully saturated rings. The molecule has 0 spiro atoms. The molecule has 8 aromatic carbocycles. The maximum Gasteiger partial charge on any atom is 0.179 e. The van der Waals surface area contributed by atoms with E-state index in [0.717, 1.165) is 27.5 Å². The Morgan fingerprint density at radius 2 is 0.679 bits per heavy atom. The monoisotopic (exact) mass is 710 g/mol. The van der Waals surface area contributed by atoms with Gasteiger partial charge >= 0.3 is 0 Å². The first-order valence-corrected chi connectivity index (χ1v) is 22.2. The normalized spacial score (nSPS) is 11.8. The third kappa shape index (κ3) is 5.28. The van der Waals surface area contributed by atoms with Crippen LogP contribution in [0.25, 0.3) is 28.0 Å². The van der Waals surface area contributed by atoms with Gasteiger partial charge in [0, 0.05) is 16.3 Å². The highest BCUT2D eigenvalue weighted by molar-refractivity contribution is 7.20. The van der Waals surface area contributed by atoms with Crippen molar-refractivity contribution in [2.24, 2.45) is 0 Å². The molecule has 0 N–H and O–H groups in total. The lowest BCUT2D eigenvalue weighted by Gasteiger charge is -2.35. The zero-order chi connectivity index (χ0) is 35.7. The second-order valence-corrected chi connectivity index (χ2v) is 21.3. The van der Waals surface area contributed by atoms with Crippen LogP contribution in [-0.4, -0.2) is 16.1 Å². The van der Waals surface area contributed by atoms with E-state index in [0.29, 0.717) is 0 Å². The molecule has 1 aromatic heterocycles. The third-order valence-electron chi connectivity index (χ3n) is 10.9. The Bertz CT molecular complexity index is 2460. The first kappa shape index (κ1) is 32.6. The van der Waals surface area contributed by atoms with E-state index in [4.69, 9.17) is 4.42 Å². The van der Waals surface area contributed by atoms with Gasteiger partial charge in [-0.15, -0.1) is 0 Å². The van der Waals surface area contributed by atoms with E-state index in [-0.39, 0.29) is 0 Å². The lowest BCUT2D eigenvalue weighted by atomic mass is 10.1. The summed E-state index contributed by atoms with van der Waals surface area (Å²) in [7, 11) is -5.58. The van der Waals surface area contributed by atoms with Crippen LogP contribution >= 0.6 is 0 Å². The van der Waals surface area contributed by atoms with E-state index < -0.39 is 16.1 Å². The minimum absolute atomic E-state index is 0.874. The number of furan rings is 1. The standard InChI is InChI=1S/C50H38OSi2/c1-2-38-35-46(53(42-27-15-6-16-28-42,43-29-17-7-18-30-43)44-31-19-8-20-32-44)37-48-47-36-45(33-34-49(47)51-50(38)48)52(39-21-9-3-10-22-39,40-23-11-4-12-24-40)41-25-13-5-14-26-41/h2-37H,1H2. The van der Waals surface area contributed by atoms with E-state index in [1.54, 1.807) is 0 Å². The highest BCUT2D eigenvalue weighted by Gasteiger charge is 2.43. The Kier molecular flexibility index (Phi) is 8.43. The van der Waals surface area contributed by atoms with Crippen molar-refractivity contribution in [2.75, 3.05) is 0 Å². The topological polar surface area (TPSA) is 13.1 Å². The molecule has 0 radical (unpaired) electrons. The quantitative estimate of drug-likeness (QED) is 0.116. The predicted octanol–water partition coefficient (Wildman–Crippen LogP) is 6.98. The number of rotatable bonds is 9. The summed E-state index contributed by atoms with van der Waals surface area (Å²) >= 11 is 0. The number of hydrogen-bond donors (Lipinski definition) is 0. The summed E-state index contributed by atoms with van der Waals surface area (Å²) in [5, 5.41) is 12.9. The van der Waals surface area contributed by atoms with Gasteiger partial charge in [0.1, 0.15) is 11.2 Å². The van der Waals surface area contributed by atoms with Crippen molar-refractivity contribution in [1.29, 1.82) is 0 Å². The molecule has 9 rings (SSSR count). The van der Waals surface area contributed by atoms with Crippen LogP contribution in [0.15, 0.2) is 223 Å². The molecule has 0 aliphatic rings. The molecule has 0 aliphatic carbocycles. The summed E-state index contributed by atoms with van der Waals surface area (Å²) in [5.74, 6) is 0. The third-order valence-corrected chi connectivity index (χ3v) is 20.5. The van der Waals surface area contributed by atoms with Gasteiger partial charge in [-0.2, -0.15) is 0 Å². The van der Waals surface area contributed by atoms with Crippen LogP contribution in [0.1, 0.15) is 5.56 Å². The average Bonchev–Trinajstić information content (AvgIpc) is 3.62. The molecule has 0 atom stereocenters. The van der Waals surface area contributed by atoms with Gasteiger partial charge < -0.3 is 4.42 Å². The first-order valence-electron chi connectivity index (χ1n) is 18.2. The molecule has 0 aliphatic heterocycles. The molecule has 0 saturated carbocycles. The summed E-state index contributed by atoms with van der Waals surface area (Å²) in [6.07, 6.45) is 1.96. The first-order chi connectivity index (χ1) is 26.2. The van der Waals surface area contributed by atoms with Gasteiger partial charge in [-0.25, -0.2) is 0 Å². The number of hydrogen-bond acceptors (Lipinski definition) is 1. The second-order valence-electron chi connectivity index (χ2n) is 13.7. The van der Waals surface area contributed by atoms with Crippen molar-refractivity contribution >= 4 is 85.7 Å². The molecule has 1 heterocycles. The molecular formula is C50H38OSi2. The highest BCUT2D eigenvalue weighted by Crippen LogP contribution is 2.32. The summed E-state index contributed by atoms with van der Waals surface area (Å²) in [6.45, 7) is 4.33. The molecule has 0 amide bonds. The maximum absolute atomic E-state index is 6.80. The fourth-order valence-corrected chi connectivity index (χ4v) is 18.2. The van der Waals surface area contributed by atoms with Crippen LogP contribution in [0.2, 0.25) is 0 Å². The van der Waals surface area contributed by atoms with Crippen molar-refractivity contribution in [3.63, 3.8) is 0 Å². The van der Waals surface area contributed by atoms with E-state index in [2.05, 4.69) is 219 Å². The van der Waals surface area contributed by atoms with Gasteiger partial charge in [0.2, 0.25) is 0 Å². The van der Waals surface area contributed by atoms with Crippen LogP contribution in [0.4, 0.5) is 0 Å². The molecule has 9 aromatic rings. The van der Waals surface area contributed by atoms with E-state index >= 15 is 0 Å². The minimum Gasteiger partial charge on any atom is -0.455 e. The molecule has 1 nitrogen and oxygen atoms in total. The molecule has 0 bridgehead atoms. The largest absolute Gasteiger partial charge is 0.455 e. The van der Waals surface area contributed by atoms with Crippen molar-refractivity contribution in [1.82, 2.24) is 0 Å². The molecule has 252 valence electrons. The molecule has 0 unspecified atom stereocenters. The zero-order valence-electron chi connectivity index (χ0n) is 29.4. The minimum atomic E-state index is -2.81. The van der Waals surface area contributed by atoms with Gasteiger partial charge in [0.25, 0.3) is 0 Å². The summed E-state index contributed by atoms with van der Waals surface area (Å²) in [5.41, 5.74) is 2.76. The van der Waals surface area contributed by atoms with Crippen LogP contribution in [0, 0.1) is 0 Å². The van der Waals surface area contributed by atoms with Gasteiger partial charge in [-0.1, -0.05) is 219 Å². The predicted molar refractivity (Wildman–Crippen MR) is 231 cm³/mol. The summed E-state index contributed by atoms with van der Waals surface area (Å²) in [6, 6.07) is 78.4. The number of benzene rings is 8. The van der Waals surface area contributed by atoms with Crippen molar-refractivity contribution in [3.05, 3.63) is 224 Å². The summed E-state index contributed by atoms with van der Waals surface area (Å²) < 4.78 is 6.80. The van der Waals surface area contributed by atoms with E-state index in [1.165, 1.54) is 41.5 Å². The van der Waals surface area contributed by atoms with Crippen LogP contribution in [0.5, 0.6) is 0 Å². The van der Waals surface area contributed by atoms with Crippen LogP contribution in [0.3, 0.4) is 0 Å². The van der Waals surface area contributed by atoms with Gasteiger partial charge in [0.05, 0.1) is 0 Å².